The number of nitrogens with one attached hydrogen (secondary N) is 1. The zero-order valence-electron chi connectivity index (χ0n) is 9.08. The summed E-state index contributed by atoms with van der Waals surface area (Å²) in [6.45, 7) is 4.07. The highest BCUT2D eigenvalue weighted by Crippen LogP contribution is 2.29. The van der Waals surface area contributed by atoms with Gasteiger partial charge in [-0.3, -0.25) is 4.79 Å². The molecule has 1 heterocycles. The van der Waals surface area contributed by atoms with E-state index >= 15 is 0 Å². The van der Waals surface area contributed by atoms with Gasteiger partial charge in [0.05, 0.1) is 5.69 Å². The second-order valence-electron chi connectivity index (χ2n) is 3.92. The van der Waals surface area contributed by atoms with E-state index in [9.17, 15) is 9.18 Å². The average molecular weight is 237 g/mol. The van der Waals surface area contributed by atoms with Gasteiger partial charge in [0, 0.05) is 4.88 Å². The molecule has 0 aliphatic heterocycles. The van der Waals surface area contributed by atoms with Crippen molar-refractivity contribution in [2.45, 2.75) is 19.8 Å². The average Bonchev–Trinajstić information content (AvgIpc) is 2.61. The summed E-state index contributed by atoms with van der Waals surface area (Å²) in [5.74, 6) is 0.0106. The summed E-state index contributed by atoms with van der Waals surface area (Å²) < 4.78 is 12.8. The van der Waals surface area contributed by atoms with Gasteiger partial charge in [-0.1, -0.05) is 25.2 Å². The van der Waals surface area contributed by atoms with Gasteiger partial charge in [-0.2, -0.15) is 0 Å². The molecule has 0 spiro atoms. The molecule has 2 nitrogen and oxygen atoms in total. The first-order chi connectivity index (χ1) is 7.58. The fourth-order valence-electron chi connectivity index (χ4n) is 1.58. The lowest BCUT2D eigenvalue weighted by molar-refractivity contribution is 0.628. The van der Waals surface area contributed by atoms with Crippen molar-refractivity contribution in [2.24, 2.45) is 0 Å². The number of rotatable bonds is 2. The first kappa shape index (κ1) is 11.1. The Bertz CT molecular complexity index is 539. The summed E-state index contributed by atoms with van der Waals surface area (Å²) in [6, 6.07) is 6.16. The molecule has 2 rings (SSSR count). The summed E-state index contributed by atoms with van der Waals surface area (Å²) >= 11 is 1.22. The van der Waals surface area contributed by atoms with E-state index in [1.54, 1.807) is 12.1 Å². The van der Waals surface area contributed by atoms with Crippen LogP contribution in [0.5, 0.6) is 0 Å². The second kappa shape index (κ2) is 4.22. The fraction of sp³-hybridized carbons (Fsp3) is 0.250. The normalized spacial score (nSPS) is 11.0. The van der Waals surface area contributed by atoms with Crippen molar-refractivity contribution in [3.05, 3.63) is 44.6 Å². The molecule has 0 saturated carbocycles. The van der Waals surface area contributed by atoms with Crippen molar-refractivity contribution in [1.29, 1.82) is 0 Å². The van der Waals surface area contributed by atoms with Crippen LogP contribution in [-0.2, 0) is 0 Å². The minimum Gasteiger partial charge on any atom is -0.312 e. The van der Waals surface area contributed by atoms with Gasteiger partial charge >= 0.3 is 4.87 Å². The van der Waals surface area contributed by atoms with Gasteiger partial charge in [0.1, 0.15) is 5.82 Å². The van der Waals surface area contributed by atoms with E-state index in [0.29, 0.717) is 0 Å². The molecule has 0 aliphatic carbocycles. The molecule has 0 radical (unpaired) electrons. The molecule has 0 saturated heterocycles. The number of halogens is 1. The molecule has 0 unspecified atom stereocenters. The van der Waals surface area contributed by atoms with Gasteiger partial charge in [0.2, 0.25) is 0 Å². The Labute approximate surface area is 96.8 Å². The summed E-state index contributed by atoms with van der Waals surface area (Å²) in [5, 5.41) is 0. The number of hydrogen-bond donors (Lipinski definition) is 1. The van der Waals surface area contributed by atoms with E-state index in [4.69, 9.17) is 0 Å². The Kier molecular flexibility index (Phi) is 2.92. The maximum atomic E-state index is 12.8. The Morgan fingerprint density at radius 1 is 1.25 bits per heavy atom. The number of aromatic amines is 1. The highest BCUT2D eigenvalue weighted by molar-refractivity contribution is 7.09. The van der Waals surface area contributed by atoms with Gasteiger partial charge in [0.25, 0.3) is 0 Å². The van der Waals surface area contributed by atoms with Crippen LogP contribution in [-0.4, -0.2) is 4.98 Å². The van der Waals surface area contributed by atoms with Crippen molar-refractivity contribution < 1.29 is 4.39 Å². The number of hydrogen-bond acceptors (Lipinski definition) is 2. The predicted octanol–water partition coefficient (Wildman–Crippen LogP) is 3.37. The van der Waals surface area contributed by atoms with Crippen LogP contribution in [0.25, 0.3) is 11.3 Å². The molecule has 1 aromatic heterocycles. The standard InChI is InChI=1S/C12H12FNOS/c1-7(2)11-10(14-12(15)16-11)8-3-5-9(13)6-4-8/h3-7H,1-2H3,(H,14,15). The SMILES string of the molecule is CC(C)c1sc(=O)[nH]c1-c1ccc(F)cc1. The van der Waals surface area contributed by atoms with E-state index in [1.165, 1.54) is 23.5 Å². The Morgan fingerprint density at radius 3 is 2.44 bits per heavy atom. The number of aromatic nitrogens is 1. The predicted molar refractivity (Wildman–Crippen MR) is 64.4 cm³/mol. The minimum atomic E-state index is -0.271. The van der Waals surface area contributed by atoms with E-state index < -0.39 is 0 Å². The summed E-state index contributed by atoms with van der Waals surface area (Å²) in [5.41, 5.74) is 1.66. The quantitative estimate of drug-likeness (QED) is 0.853. The summed E-state index contributed by atoms with van der Waals surface area (Å²) in [6.07, 6.45) is 0. The third kappa shape index (κ3) is 2.07. The van der Waals surface area contributed by atoms with E-state index in [-0.39, 0.29) is 16.6 Å². The molecule has 1 aromatic carbocycles. The zero-order valence-corrected chi connectivity index (χ0v) is 9.90. The lowest BCUT2D eigenvalue weighted by Gasteiger charge is -2.05. The minimum absolute atomic E-state index is 0.0666. The Morgan fingerprint density at radius 2 is 1.88 bits per heavy atom. The molecule has 0 bridgehead atoms. The van der Waals surface area contributed by atoms with Crippen LogP contribution in [0.4, 0.5) is 4.39 Å². The molecule has 0 atom stereocenters. The van der Waals surface area contributed by atoms with Crippen LogP contribution in [0.1, 0.15) is 24.6 Å². The van der Waals surface area contributed by atoms with Crippen molar-refractivity contribution in [3.8, 4) is 11.3 Å². The first-order valence-corrected chi connectivity index (χ1v) is 5.88. The highest BCUT2D eigenvalue weighted by atomic mass is 32.1. The topological polar surface area (TPSA) is 32.9 Å². The lowest BCUT2D eigenvalue weighted by Crippen LogP contribution is -1.92. The first-order valence-electron chi connectivity index (χ1n) is 5.07. The highest BCUT2D eigenvalue weighted by Gasteiger charge is 2.13. The molecule has 0 aliphatic rings. The summed E-state index contributed by atoms with van der Waals surface area (Å²) in [7, 11) is 0. The van der Waals surface area contributed by atoms with E-state index in [2.05, 4.69) is 4.98 Å². The van der Waals surface area contributed by atoms with Crippen LogP contribution in [0.15, 0.2) is 29.1 Å². The molecule has 84 valence electrons. The van der Waals surface area contributed by atoms with Crippen LogP contribution in [0.2, 0.25) is 0 Å². The molecule has 1 N–H and O–H groups in total. The van der Waals surface area contributed by atoms with Crippen molar-refractivity contribution in [1.82, 2.24) is 4.98 Å². The van der Waals surface area contributed by atoms with Gasteiger partial charge in [0.15, 0.2) is 0 Å². The van der Waals surface area contributed by atoms with Crippen molar-refractivity contribution in [3.63, 3.8) is 0 Å². The number of thiazole rings is 1. The van der Waals surface area contributed by atoms with Crippen LogP contribution >= 0.6 is 11.3 Å². The van der Waals surface area contributed by atoms with E-state index in [1.807, 2.05) is 13.8 Å². The van der Waals surface area contributed by atoms with Gasteiger partial charge in [-0.15, -0.1) is 0 Å². The fourth-order valence-corrected chi connectivity index (χ4v) is 2.44. The van der Waals surface area contributed by atoms with Gasteiger partial charge in [-0.25, -0.2) is 4.39 Å². The van der Waals surface area contributed by atoms with Gasteiger partial charge in [-0.05, 0) is 35.7 Å². The molecule has 0 fully saturated rings. The van der Waals surface area contributed by atoms with Gasteiger partial charge < -0.3 is 4.98 Å². The van der Waals surface area contributed by atoms with Crippen LogP contribution in [0, 0.1) is 5.82 Å². The largest absolute Gasteiger partial charge is 0.312 e. The molecular weight excluding hydrogens is 225 g/mol. The zero-order chi connectivity index (χ0) is 11.7. The van der Waals surface area contributed by atoms with Crippen LogP contribution < -0.4 is 4.87 Å². The lowest BCUT2D eigenvalue weighted by atomic mass is 10.1. The second-order valence-corrected chi connectivity index (χ2v) is 4.93. The van der Waals surface area contributed by atoms with Crippen molar-refractivity contribution in [2.75, 3.05) is 0 Å². The molecule has 4 heteroatoms. The molecule has 16 heavy (non-hydrogen) atoms. The monoisotopic (exact) mass is 237 g/mol. The third-order valence-corrected chi connectivity index (χ3v) is 3.52. The molecular formula is C12H12FNOS. The Hall–Kier alpha value is -1.42. The maximum Gasteiger partial charge on any atom is 0.305 e. The van der Waals surface area contributed by atoms with Crippen molar-refractivity contribution >= 4 is 11.3 Å². The Balaban J connectivity index is 2.55. The summed E-state index contributed by atoms with van der Waals surface area (Å²) in [4.78, 5) is 15.1. The van der Waals surface area contributed by atoms with E-state index in [0.717, 1.165) is 16.1 Å². The molecule has 2 aromatic rings. The smallest absolute Gasteiger partial charge is 0.305 e. The maximum absolute atomic E-state index is 12.8. The third-order valence-electron chi connectivity index (χ3n) is 2.33. The number of benzene rings is 1. The van der Waals surface area contributed by atoms with Crippen LogP contribution in [0.3, 0.4) is 0 Å². The molecule has 0 amide bonds. The number of H-pyrrole nitrogens is 1.